The van der Waals surface area contributed by atoms with Gasteiger partial charge in [-0.2, -0.15) is 0 Å². The molecule has 2 rings (SSSR count). The maximum atomic E-state index is 13.7. The molecule has 0 spiro atoms. The number of anilines is 1. The van der Waals surface area contributed by atoms with E-state index in [2.05, 4.69) is 5.32 Å². The molecule has 0 aliphatic heterocycles. The van der Waals surface area contributed by atoms with E-state index in [0.29, 0.717) is 27.7 Å². The molecule has 0 fully saturated rings. The highest BCUT2D eigenvalue weighted by molar-refractivity contribution is 7.92. The minimum absolute atomic E-state index is 0.0558. The largest absolute Gasteiger partial charge is 0.350 e. The highest BCUT2D eigenvalue weighted by atomic mass is 35.5. The quantitative estimate of drug-likeness (QED) is 0.444. The number of benzene rings is 2. The average molecular weight is 557 g/mol. The first-order chi connectivity index (χ1) is 16.7. The lowest BCUT2D eigenvalue weighted by Gasteiger charge is -2.34. The van der Waals surface area contributed by atoms with Gasteiger partial charge in [0.1, 0.15) is 12.6 Å². The monoisotopic (exact) mass is 555 g/mol. The van der Waals surface area contributed by atoms with E-state index in [4.69, 9.17) is 23.2 Å². The smallest absolute Gasteiger partial charge is 0.244 e. The summed E-state index contributed by atoms with van der Waals surface area (Å²) in [4.78, 5) is 28.3. The van der Waals surface area contributed by atoms with Crippen molar-refractivity contribution in [1.29, 1.82) is 0 Å². The number of hydrogen-bond donors (Lipinski definition) is 1. The Bertz CT molecular complexity index is 1160. The summed E-state index contributed by atoms with van der Waals surface area (Å²) in [6.45, 7) is 8.79. The van der Waals surface area contributed by atoms with E-state index in [9.17, 15) is 18.0 Å². The summed E-state index contributed by atoms with van der Waals surface area (Å²) in [7, 11) is -3.80. The first-order valence-corrected chi connectivity index (χ1v) is 14.4. The van der Waals surface area contributed by atoms with E-state index in [1.54, 1.807) is 37.3 Å². The fourth-order valence-corrected chi connectivity index (χ4v) is 5.10. The molecule has 10 heteroatoms. The second-order valence-corrected chi connectivity index (χ2v) is 12.4. The number of hydrogen-bond acceptors (Lipinski definition) is 4. The van der Waals surface area contributed by atoms with Crippen molar-refractivity contribution < 1.29 is 18.0 Å². The molecule has 7 nitrogen and oxygen atoms in total. The Morgan fingerprint density at radius 1 is 1.00 bits per heavy atom. The average Bonchev–Trinajstić information content (AvgIpc) is 2.77. The molecule has 0 aromatic heterocycles. The molecule has 0 radical (unpaired) electrons. The van der Waals surface area contributed by atoms with Crippen LogP contribution in [0.4, 0.5) is 5.69 Å². The molecule has 1 N–H and O–H groups in total. The summed E-state index contributed by atoms with van der Waals surface area (Å²) in [5.74, 6) is -0.897. The summed E-state index contributed by atoms with van der Waals surface area (Å²) < 4.78 is 26.5. The Kier molecular flexibility index (Phi) is 10.2. The second-order valence-electron chi connectivity index (χ2n) is 9.67. The van der Waals surface area contributed by atoms with Gasteiger partial charge in [-0.25, -0.2) is 8.42 Å². The highest BCUT2D eigenvalue weighted by Gasteiger charge is 2.33. The van der Waals surface area contributed by atoms with E-state index in [-0.39, 0.29) is 12.5 Å². The van der Waals surface area contributed by atoms with Crippen molar-refractivity contribution in [2.75, 3.05) is 17.1 Å². The lowest BCUT2D eigenvalue weighted by molar-refractivity contribution is -0.141. The van der Waals surface area contributed by atoms with Gasteiger partial charge in [-0.3, -0.25) is 13.9 Å². The van der Waals surface area contributed by atoms with Crippen LogP contribution in [-0.2, 0) is 32.6 Å². The number of rotatable bonds is 10. The molecule has 2 amide bonds. The Balaban J connectivity index is 2.51. The topological polar surface area (TPSA) is 86.8 Å². The Labute approximate surface area is 224 Å². The normalized spacial score (nSPS) is 12.7. The standard InChI is InChI=1S/C26H35Cl2N3O4S/c1-7-18-12-14-19(15-13-18)31(36(6,34)35)17-24(32)30(16-20-21(27)10-9-11-22(20)28)23(8-2)25(33)29-26(3,4)5/h9-15,23H,7-8,16-17H2,1-6H3,(H,29,33)/t23-/m0/s1. The fourth-order valence-electron chi connectivity index (χ4n) is 3.74. The van der Waals surface area contributed by atoms with Crippen LogP contribution in [-0.4, -0.2) is 49.5 Å². The first-order valence-electron chi connectivity index (χ1n) is 11.8. The predicted octanol–water partition coefficient (Wildman–Crippen LogP) is 5.04. The summed E-state index contributed by atoms with van der Waals surface area (Å²) in [6, 6.07) is 11.1. The maximum Gasteiger partial charge on any atom is 0.244 e. The molecule has 0 aliphatic carbocycles. The van der Waals surface area contributed by atoms with Crippen molar-refractivity contribution in [1.82, 2.24) is 10.2 Å². The number of nitrogens with one attached hydrogen (secondary N) is 1. The minimum Gasteiger partial charge on any atom is -0.350 e. The van der Waals surface area contributed by atoms with Gasteiger partial charge in [0.05, 0.1) is 11.9 Å². The molecule has 1 atom stereocenters. The molecule has 0 unspecified atom stereocenters. The van der Waals surface area contributed by atoms with Crippen LogP contribution >= 0.6 is 23.2 Å². The van der Waals surface area contributed by atoms with E-state index in [0.717, 1.165) is 22.5 Å². The third-order valence-electron chi connectivity index (χ3n) is 5.59. The van der Waals surface area contributed by atoms with Gasteiger partial charge in [0.2, 0.25) is 21.8 Å². The second kappa shape index (κ2) is 12.3. The van der Waals surface area contributed by atoms with Crippen LogP contribution in [0.25, 0.3) is 0 Å². The molecule has 36 heavy (non-hydrogen) atoms. The highest BCUT2D eigenvalue weighted by Crippen LogP contribution is 2.28. The third-order valence-corrected chi connectivity index (χ3v) is 7.43. The number of sulfonamides is 1. The van der Waals surface area contributed by atoms with Gasteiger partial charge in [0.15, 0.2) is 0 Å². The zero-order chi connectivity index (χ0) is 27.3. The molecule has 2 aromatic carbocycles. The summed E-state index contributed by atoms with van der Waals surface area (Å²) in [6.07, 6.45) is 2.15. The molecule has 0 saturated carbocycles. The lowest BCUT2D eigenvalue weighted by atomic mass is 10.1. The van der Waals surface area contributed by atoms with Crippen molar-refractivity contribution >= 4 is 50.7 Å². The van der Waals surface area contributed by atoms with Crippen LogP contribution in [0.1, 0.15) is 52.2 Å². The van der Waals surface area contributed by atoms with Crippen LogP contribution in [0, 0.1) is 0 Å². The van der Waals surface area contributed by atoms with Crippen LogP contribution in [0.15, 0.2) is 42.5 Å². The molecule has 0 saturated heterocycles. The fraction of sp³-hybridized carbons (Fsp3) is 0.462. The predicted molar refractivity (Wildman–Crippen MR) is 147 cm³/mol. The summed E-state index contributed by atoms with van der Waals surface area (Å²) in [5, 5.41) is 3.61. The van der Waals surface area contributed by atoms with Crippen LogP contribution in [0.3, 0.4) is 0 Å². The molecule has 0 aliphatic rings. The van der Waals surface area contributed by atoms with Crippen LogP contribution in [0.5, 0.6) is 0 Å². The van der Waals surface area contributed by atoms with Crippen molar-refractivity contribution in [2.24, 2.45) is 0 Å². The van der Waals surface area contributed by atoms with Gasteiger partial charge < -0.3 is 10.2 Å². The first kappa shape index (κ1) is 29.9. The van der Waals surface area contributed by atoms with Crippen LogP contribution < -0.4 is 9.62 Å². The number of carbonyl (C=O) groups is 2. The number of nitrogens with zero attached hydrogens (tertiary/aromatic N) is 2. The summed E-state index contributed by atoms with van der Waals surface area (Å²) in [5.41, 5.74) is 1.36. The third kappa shape index (κ3) is 8.11. The summed E-state index contributed by atoms with van der Waals surface area (Å²) >= 11 is 12.8. The molecular formula is C26H35Cl2N3O4S. The minimum atomic E-state index is -3.80. The van der Waals surface area contributed by atoms with Crippen molar-refractivity contribution in [3.05, 3.63) is 63.6 Å². The van der Waals surface area contributed by atoms with E-state index in [1.165, 1.54) is 4.90 Å². The number of amides is 2. The van der Waals surface area contributed by atoms with Gasteiger partial charge in [0.25, 0.3) is 0 Å². The lowest BCUT2D eigenvalue weighted by Crippen LogP contribution is -2.55. The number of aryl methyl sites for hydroxylation is 1. The molecular weight excluding hydrogens is 521 g/mol. The van der Waals surface area contributed by atoms with E-state index >= 15 is 0 Å². The van der Waals surface area contributed by atoms with Gasteiger partial charge in [-0.05, 0) is 63.4 Å². The molecule has 0 bridgehead atoms. The van der Waals surface area contributed by atoms with Gasteiger partial charge >= 0.3 is 0 Å². The Morgan fingerprint density at radius 2 is 1.56 bits per heavy atom. The van der Waals surface area contributed by atoms with Crippen molar-refractivity contribution in [3.8, 4) is 0 Å². The molecule has 0 heterocycles. The van der Waals surface area contributed by atoms with Crippen molar-refractivity contribution in [2.45, 2.75) is 65.6 Å². The maximum absolute atomic E-state index is 13.7. The van der Waals surface area contributed by atoms with Crippen molar-refractivity contribution in [3.63, 3.8) is 0 Å². The van der Waals surface area contributed by atoms with Crippen LogP contribution in [0.2, 0.25) is 10.0 Å². The Morgan fingerprint density at radius 3 is 2.00 bits per heavy atom. The Hall–Kier alpha value is -2.29. The molecule has 198 valence electrons. The van der Waals surface area contributed by atoms with Gasteiger partial charge in [0, 0.05) is 27.7 Å². The number of halogens is 2. The van der Waals surface area contributed by atoms with Gasteiger partial charge in [-0.1, -0.05) is 55.2 Å². The number of carbonyl (C=O) groups excluding carboxylic acids is 2. The van der Waals surface area contributed by atoms with E-state index in [1.807, 2.05) is 39.8 Å². The zero-order valence-electron chi connectivity index (χ0n) is 21.6. The SMILES string of the molecule is CCc1ccc(N(CC(=O)N(Cc2c(Cl)cccc2Cl)[C@@H](CC)C(=O)NC(C)(C)C)S(C)(=O)=O)cc1. The molecule has 2 aromatic rings. The van der Waals surface area contributed by atoms with E-state index < -0.39 is 34.1 Å². The zero-order valence-corrected chi connectivity index (χ0v) is 24.0. The van der Waals surface area contributed by atoms with Gasteiger partial charge in [-0.15, -0.1) is 0 Å².